The molecule has 1 aromatic rings. The number of benzene rings is 1. The molecule has 0 aliphatic rings. The number of nitro benzene ring substituents is 1. The van der Waals surface area contributed by atoms with Crippen molar-refractivity contribution in [2.75, 3.05) is 0 Å². The molecule has 1 rings (SSSR count). The Morgan fingerprint density at radius 1 is 1.22 bits per heavy atom. The second-order valence-electron chi connectivity index (χ2n) is 2.98. The molecule has 0 saturated carbocycles. The van der Waals surface area contributed by atoms with Crippen LogP contribution < -0.4 is 4.74 Å². The van der Waals surface area contributed by atoms with Crippen molar-refractivity contribution in [3.05, 3.63) is 33.9 Å². The van der Waals surface area contributed by atoms with Crippen molar-refractivity contribution in [2.45, 2.75) is 10.2 Å². The minimum absolute atomic E-state index is 0.366. The lowest BCUT2D eigenvalue weighted by Crippen LogP contribution is -2.14. The monoisotopic (exact) mass is 323 g/mol. The molecule has 18 heavy (non-hydrogen) atoms. The van der Waals surface area contributed by atoms with Gasteiger partial charge in [-0.05, 0) is 46.9 Å². The zero-order valence-corrected chi connectivity index (χ0v) is 10.4. The first-order valence-corrected chi connectivity index (χ1v) is 5.25. The van der Waals surface area contributed by atoms with Gasteiger partial charge in [0.25, 0.3) is 5.69 Å². The third kappa shape index (κ3) is 4.08. The summed E-state index contributed by atoms with van der Waals surface area (Å²) >= 11 is 15.7. The molecule has 0 bridgehead atoms. The minimum atomic E-state index is -4.86. The van der Waals surface area contributed by atoms with Crippen LogP contribution in [-0.4, -0.2) is 8.90 Å². The van der Waals surface area contributed by atoms with E-state index in [-0.39, 0.29) is 5.75 Å². The summed E-state index contributed by atoms with van der Waals surface area (Å²) in [4.78, 5) is 9.34. The zero-order chi connectivity index (χ0) is 14.1. The normalized spacial score (nSPS) is 12.3. The fourth-order valence-electron chi connectivity index (χ4n) is 1.10. The molecule has 0 aliphatic carbocycles. The Bertz CT molecular complexity index is 473. The second kappa shape index (κ2) is 4.99. The van der Waals surface area contributed by atoms with E-state index in [9.17, 15) is 23.3 Å². The number of alkyl halides is 6. The Hall–Kier alpha value is -0.920. The van der Waals surface area contributed by atoms with Crippen molar-refractivity contribution in [2.24, 2.45) is 0 Å². The van der Waals surface area contributed by atoms with E-state index in [1.807, 2.05) is 0 Å². The molecular weight excluding hydrogens is 321 g/mol. The van der Waals surface area contributed by atoms with E-state index in [1.54, 1.807) is 0 Å². The summed E-state index contributed by atoms with van der Waals surface area (Å²) in [6, 6.07) is 1.83. The Labute approximate surface area is 113 Å². The summed E-state index contributed by atoms with van der Waals surface area (Å²) < 4.78 is 39.7. The molecule has 0 atom stereocenters. The van der Waals surface area contributed by atoms with Gasteiger partial charge in [-0.1, -0.05) is 0 Å². The molecule has 0 spiro atoms. The van der Waals surface area contributed by atoms with Gasteiger partial charge in [-0.15, -0.1) is 0 Å². The standard InChI is InChI=1S/C8H3Cl3F3NO3/c9-8(10,11)18-4-1-2-5(7(12,13)14)6(3-4)15(16)17/h1-3H. The van der Waals surface area contributed by atoms with Gasteiger partial charge < -0.3 is 4.74 Å². The van der Waals surface area contributed by atoms with Crippen LogP contribution in [0.5, 0.6) is 5.75 Å². The molecule has 0 fully saturated rings. The number of rotatable bonds is 2. The number of hydrogen-bond donors (Lipinski definition) is 0. The van der Waals surface area contributed by atoms with Crippen molar-refractivity contribution < 1.29 is 22.8 Å². The van der Waals surface area contributed by atoms with E-state index in [4.69, 9.17) is 34.8 Å². The van der Waals surface area contributed by atoms with E-state index in [2.05, 4.69) is 4.74 Å². The van der Waals surface area contributed by atoms with Gasteiger partial charge in [-0.3, -0.25) is 10.1 Å². The maximum absolute atomic E-state index is 12.5. The molecule has 4 nitrogen and oxygen atoms in total. The van der Waals surface area contributed by atoms with Crippen LogP contribution in [0.25, 0.3) is 0 Å². The quantitative estimate of drug-likeness (QED) is 0.462. The van der Waals surface area contributed by atoms with Gasteiger partial charge in [-0.2, -0.15) is 13.2 Å². The van der Waals surface area contributed by atoms with Crippen LogP contribution in [0, 0.1) is 10.1 Å². The molecule has 0 amide bonds. The summed E-state index contributed by atoms with van der Waals surface area (Å²) in [6.45, 7) is 0. The molecular formula is C8H3Cl3F3NO3. The van der Waals surface area contributed by atoms with Crippen molar-refractivity contribution >= 4 is 40.5 Å². The Kier molecular flexibility index (Phi) is 4.19. The van der Waals surface area contributed by atoms with Gasteiger partial charge in [0, 0.05) is 0 Å². The predicted molar refractivity (Wildman–Crippen MR) is 59.0 cm³/mol. The summed E-state index contributed by atoms with van der Waals surface area (Å²) in [7, 11) is 0. The van der Waals surface area contributed by atoms with Gasteiger partial charge in [0.05, 0.1) is 11.0 Å². The zero-order valence-electron chi connectivity index (χ0n) is 8.17. The Morgan fingerprint density at radius 3 is 2.17 bits per heavy atom. The number of hydrogen-bond acceptors (Lipinski definition) is 3. The highest BCUT2D eigenvalue weighted by Gasteiger charge is 2.38. The highest BCUT2D eigenvalue weighted by atomic mass is 35.6. The summed E-state index contributed by atoms with van der Waals surface area (Å²) in [5.41, 5.74) is -2.60. The summed E-state index contributed by atoms with van der Waals surface area (Å²) in [5.74, 6) is -0.366. The first-order chi connectivity index (χ1) is 8.00. The molecule has 10 heteroatoms. The largest absolute Gasteiger partial charge is 0.445 e. The molecule has 0 heterocycles. The van der Waals surface area contributed by atoms with Gasteiger partial charge in [0.1, 0.15) is 11.3 Å². The van der Waals surface area contributed by atoms with Crippen molar-refractivity contribution in [3.8, 4) is 5.75 Å². The minimum Gasteiger partial charge on any atom is -0.445 e. The van der Waals surface area contributed by atoms with Gasteiger partial charge in [-0.25, -0.2) is 0 Å². The van der Waals surface area contributed by atoms with Gasteiger partial charge in [0.15, 0.2) is 0 Å². The second-order valence-corrected chi connectivity index (χ2v) is 5.16. The highest BCUT2D eigenvalue weighted by Crippen LogP contribution is 2.39. The van der Waals surface area contributed by atoms with E-state index in [1.165, 1.54) is 0 Å². The van der Waals surface area contributed by atoms with Crippen molar-refractivity contribution in [1.82, 2.24) is 0 Å². The number of halogens is 6. The molecule has 0 radical (unpaired) electrons. The summed E-state index contributed by atoms with van der Waals surface area (Å²) in [6.07, 6.45) is -4.86. The number of nitro groups is 1. The van der Waals surface area contributed by atoms with Crippen LogP contribution in [0.4, 0.5) is 18.9 Å². The van der Waals surface area contributed by atoms with Crippen LogP contribution in [-0.2, 0) is 6.18 Å². The van der Waals surface area contributed by atoms with Crippen LogP contribution in [0.3, 0.4) is 0 Å². The third-order valence-electron chi connectivity index (χ3n) is 1.70. The lowest BCUT2D eigenvalue weighted by Gasteiger charge is -2.14. The summed E-state index contributed by atoms with van der Waals surface area (Å²) in [5, 5.41) is 10.5. The number of nitrogens with zero attached hydrogens (tertiary/aromatic N) is 1. The van der Waals surface area contributed by atoms with Crippen LogP contribution >= 0.6 is 34.8 Å². The van der Waals surface area contributed by atoms with Gasteiger partial charge >= 0.3 is 10.2 Å². The molecule has 100 valence electrons. The topological polar surface area (TPSA) is 52.4 Å². The van der Waals surface area contributed by atoms with Gasteiger partial charge in [0.2, 0.25) is 0 Å². The Balaban J connectivity index is 3.24. The fraction of sp³-hybridized carbons (Fsp3) is 0.250. The molecule has 0 unspecified atom stereocenters. The van der Waals surface area contributed by atoms with Crippen molar-refractivity contribution in [3.63, 3.8) is 0 Å². The predicted octanol–water partition coefficient (Wildman–Crippen LogP) is 4.32. The lowest BCUT2D eigenvalue weighted by atomic mass is 10.1. The van der Waals surface area contributed by atoms with Crippen LogP contribution in [0.1, 0.15) is 5.56 Å². The number of ether oxygens (including phenoxy) is 1. The average Bonchev–Trinajstić information content (AvgIpc) is 2.12. The molecule has 0 aliphatic heterocycles. The third-order valence-corrected chi connectivity index (χ3v) is 1.94. The smallest absolute Gasteiger partial charge is 0.423 e. The first kappa shape index (κ1) is 15.1. The molecule has 1 aromatic carbocycles. The van der Waals surface area contributed by atoms with E-state index in [0.717, 1.165) is 6.07 Å². The lowest BCUT2D eigenvalue weighted by molar-refractivity contribution is -0.388. The maximum atomic E-state index is 12.5. The molecule has 0 N–H and O–H groups in total. The molecule has 0 saturated heterocycles. The van der Waals surface area contributed by atoms with E-state index < -0.39 is 26.3 Å². The first-order valence-electron chi connectivity index (χ1n) is 4.12. The van der Waals surface area contributed by atoms with E-state index in [0.29, 0.717) is 12.1 Å². The Morgan fingerprint density at radius 2 is 1.78 bits per heavy atom. The van der Waals surface area contributed by atoms with Crippen LogP contribution in [0.2, 0.25) is 0 Å². The highest BCUT2D eigenvalue weighted by molar-refractivity contribution is 6.66. The maximum Gasteiger partial charge on any atom is 0.423 e. The van der Waals surface area contributed by atoms with Crippen LogP contribution in [0.15, 0.2) is 18.2 Å². The average molecular weight is 324 g/mol. The van der Waals surface area contributed by atoms with E-state index >= 15 is 0 Å². The fourth-order valence-corrected chi connectivity index (χ4v) is 1.37. The SMILES string of the molecule is O=[N+]([O-])c1cc(OC(Cl)(Cl)Cl)ccc1C(F)(F)F. The molecule has 0 aromatic heterocycles. The van der Waals surface area contributed by atoms with Crippen molar-refractivity contribution in [1.29, 1.82) is 0 Å².